The van der Waals surface area contributed by atoms with E-state index in [0.29, 0.717) is 11.8 Å². The highest BCUT2D eigenvalue weighted by Crippen LogP contribution is 2.60. The van der Waals surface area contributed by atoms with Crippen LogP contribution in [0.3, 0.4) is 0 Å². The summed E-state index contributed by atoms with van der Waals surface area (Å²) in [6, 6.07) is 23.0. The molecule has 0 saturated heterocycles. The van der Waals surface area contributed by atoms with Crippen molar-refractivity contribution in [1.29, 1.82) is 0 Å². The van der Waals surface area contributed by atoms with Crippen LogP contribution in [0.15, 0.2) is 72.8 Å². The molecule has 3 aromatic rings. The van der Waals surface area contributed by atoms with Crippen LogP contribution in [0.25, 0.3) is 0 Å². The van der Waals surface area contributed by atoms with Crippen LogP contribution in [-0.4, -0.2) is 0 Å². The van der Waals surface area contributed by atoms with E-state index in [2.05, 4.69) is 86.7 Å². The summed E-state index contributed by atoms with van der Waals surface area (Å²) < 4.78 is 6.47. The smallest absolute Gasteiger partial charge is 0.111 e. The first-order valence-corrected chi connectivity index (χ1v) is 9.86. The minimum Gasteiger partial charge on any atom is -0.351 e. The summed E-state index contributed by atoms with van der Waals surface area (Å²) in [7, 11) is 0. The first kappa shape index (κ1) is 14.4. The number of rotatable bonds is 0. The molecule has 2 unspecified atom stereocenters. The Labute approximate surface area is 159 Å². The third-order valence-corrected chi connectivity index (χ3v) is 7.29. The molecule has 4 bridgehead atoms. The van der Waals surface area contributed by atoms with E-state index in [-0.39, 0.29) is 11.2 Å². The molecule has 0 fully saturated rings. The molecule has 0 radical (unpaired) electrons. The number of fused-ring (bicyclic) bond motifs is 5. The minimum atomic E-state index is -0.283. The second-order valence-electron chi connectivity index (χ2n) is 8.80. The van der Waals surface area contributed by atoms with Crippen molar-refractivity contribution < 1.29 is 4.74 Å². The zero-order valence-corrected chi connectivity index (χ0v) is 15.5. The lowest BCUT2D eigenvalue weighted by atomic mass is 9.60. The molecule has 27 heavy (non-hydrogen) atoms. The van der Waals surface area contributed by atoms with Crippen molar-refractivity contribution in [2.75, 3.05) is 0 Å². The molecule has 3 aromatic carbocycles. The largest absolute Gasteiger partial charge is 0.351 e. The summed E-state index contributed by atoms with van der Waals surface area (Å²) in [5.41, 5.74) is 11.0. The van der Waals surface area contributed by atoms with E-state index in [1.54, 1.807) is 0 Å². The van der Waals surface area contributed by atoms with E-state index in [4.69, 9.17) is 4.74 Å². The van der Waals surface area contributed by atoms with Gasteiger partial charge in [-0.15, -0.1) is 0 Å². The van der Waals surface area contributed by atoms with Crippen LogP contribution in [-0.2, 0) is 15.9 Å². The molecular weight excluding hydrogens is 328 g/mol. The van der Waals surface area contributed by atoms with E-state index in [1.807, 2.05) is 0 Å². The van der Waals surface area contributed by atoms with Crippen LogP contribution in [0.2, 0.25) is 0 Å². The van der Waals surface area contributed by atoms with E-state index in [9.17, 15) is 0 Å². The van der Waals surface area contributed by atoms with Gasteiger partial charge in [0.25, 0.3) is 0 Å². The zero-order chi connectivity index (χ0) is 18.0. The van der Waals surface area contributed by atoms with Crippen molar-refractivity contribution >= 4 is 0 Å². The summed E-state index contributed by atoms with van der Waals surface area (Å²) >= 11 is 0. The third-order valence-electron chi connectivity index (χ3n) is 7.29. The summed E-state index contributed by atoms with van der Waals surface area (Å²) in [5, 5.41) is 0. The van der Waals surface area contributed by atoms with Crippen molar-refractivity contribution in [2.45, 2.75) is 36.9 Å². The fourth-order valence-corrected chi connectivity index (χ4v) is 6.15. The van der Waals surface area contributed by atoms with Crippen LogP contribution in [0.5, 0.6) is 0 Å². The van der Waals surface area contributed by atoms with Crippen molar-refractivity contribution in [3.63, 3.8) is 0 Å². The lowest BCUT2D eigenvalue weighted by Crippen LogP contribution is -2.29. The Morgan fingerprint density at radius 3 is 1.33 bits per heavy atom. The molecule has 0 saturated carbocycles. The highest BCUT2D eigenvalue weighted by molar-refractivity contribution is 5.70. The van der Waals surface area contributed by atoms with Gasteiger partial charge in [-0.05, 0) is 70.5 Å². The van der Waals surface area contributed by atoms with Gasteiger partial charge in [0.05, 0.1) is 0 Å². The maximum absolute atomic E-state index is 6.47. The SMILES string of the molecule is CC12C=CC(C)(O1)c1cc3c(cc12)C1c2ccccc2C3c2ccccc21. The topological polar surface area (TPSA) is 9.23 Å². The average molecular weight is 348 g/mol. The monoisotopic (exact) mass is 348 g/mol. The van der Waals surface area contributed by atoms with E-state index < -0.39 is 0 Å². The lowest BCUT2D eigenvalue weighted by Gasteiger charge is -2.43. The molecule has 1 heteroatoms. The number of hydrogen-bond donors (Lipinski definition) is 0. The fraction of sp³-hybridized carbons (Fsp3) is 0.231. The van der Waals surface area contributed by atoms with Gasteiger partial charge in [0, 0.05) is 11.8 Å². The van der Waals surface area contributed by atoms with E-state index >= 15 is 0 Å². The fourth-order valence-electron chi connectivity index (χ4n) is 6.15. The Bertz CT molecular complexity index is 1060. The second-order valence-corrected chi connectivity index (χ2v) is 8.80. The Morgan fingerprint density at radius 2 is 0.963 bits per heavy atom. The lowest BCUT2D eigenvalue weighted by molar-refractivity contribution is -0.0495. The highest BCUT2D eigenvalue weighted by Gasteiger charge is 2.52. The summed E-state index contributed by atoms with van der Waals surface area (Å²) in [6.45, 7) is 4.41. The molecule has 8 rings (SSSR count). The molecule has 3 aliphatic carbocycles. The summed E-state index contributed by atoms with van der Waals surface area (Å²) in [5.74, 6) is 0.671. The van der Waals surface area contributed by atoms with Gasteiger partial charge < -0.3 is 4.74 Å². The Morgan fingerprint density at radius 1 is 0.593 bits per heavy atom. The quantitative estimate of drug-likeness (QED) is 0.326. The van der Waals surface area contributed by atoms with Crippen LogP contribution in [0.1, 0.15) is 70.2 Å². The molecule has 2 atom stereocenters. The molecule has 0 amide bonds. The van der Waals surface area contributed by atoms with Gasteiger partial charge in [0.1, 0.15) is 11.2 Å². The molecule has 130 valence electrons. The molecular formula is C26H20O. The van der Waals surface area contributed by atoms with Gasteiger partial charge in [-0.1, -0.05) is 60.7 Å². The Hall–Kier alpha value is -2.64. The van der Waals surface area contributed by atoms with Gasteiger partial charge in [0.15, 0.2) is 0 Å². The molecule has 2 aliphatic heterocycles. The number of hydrogen-bond acceptors (Lipinski definition) is 1. The third kappa shape index (κ3) is 1.50. The van der Waals surface area contributed by atoms with Crippen molar-refractivity contribution in [3.8, 4) is 0 Å². The van der Waals surface area contributed by atoms with Gasteiger partial charge >= 0.3 is 0 Å². The molecule has 0 spiro atoms. The maximum atomic E-state index is 6.47. The number of ether oxygens (including phenoxy) is 1. The highest BCUT2D eigenvalue weighted by atomic mass is 16.5. The predicted octanol–water partition coefficient (Wildman–Crippen LogP) is 5.70. The maximum Gasteiger partial charge on any atom is 0.111 e. The van der Waals surface area contributed by atoms with E-state index in [0.717, 1.165) is 0 Å². The standard InChI is InChI=1S/C26H20O/c1-25-11-12-26(2,27-25)22-14-20-19(13-21(22)25)23-15-7-3-5-9-17(15)24(20)18-10-6-4-8-16(18)23/h3-14,23-24H,1-2H3. The second kappa shape index (κ2) is 4.26. The Kier molecular flexibility index (Phi) is 2.28. The van der Waals surface area contributed by atoms with Crippen molar-refractivity contribution in [3.05, 3.63) is 117 Å². The van der Waals surface area contributed by atoms with Gasteiger partial charge in [-0.25, -0.2) is 0 Å². The van der Waals surface area contributed by atoms with Gasteiger partial charge in [-0.3, -0.25) is 0 Å². The van der Waals surface area contributed by atoms with Gasteiger partial charge in [-0.2, -0.15) is 0 Å². The molecule has 2 heterocycles. The minimum absolute atomic E-state index is 0.283. The predicted molar refractivity (Wildman–Crippen MR) is 106 cm³/mol. The molecule has 1 nitrogen and oxygen atoms in total. The van der Waals surface area contributed by atoms with Crippen molar-refractivity contribution in [1.82, 2.24) is 0 Å². The summed E-state index contributed by atoms with van der Waals surface area (Å²) in [6.07, 6.45) is 4.48. The molecule has 0 aromatic heterocycles. The average Bonchev–Trinajstić information content (AvgIpc) is 3.13. The zero-order valence-electron chi connectivity index (χ0n) is 15.5. The first-order valence-electron chi connectivity index (χ1n) is 9.86. The van der Waals surface area contributed by atoms with Crippen LogP contribution < -0.4 is 0 Å². The molecule has 5 aliphatic rings. The Balaban J connectivity index is 1.58. The van der Waals surface area contributed by atoms with E-state index in [1.165, 1.54) is 44.5 Å². The first-order chi connectivity index (χ1) is 13.1. The van der Waals surface area contributed by atoms with Crippen LogP contribution in [0, 0.1) is 0 Å². The van der Waals surface area contributed by atoms with Crippen LogP contribution in [0.4, 0.5) is 0 Å². The number of benzene rings is 3. The normalized spacial score (nSPS) is 32.8. The van der Waals surface area contributed by atoms with Crippen molar-refractivity contribution in [2.24, 2.45) is 0 Å². The summed E-state index contributed by atoms with van der Waals surface area (Å²) in [4.78, 5) is 0. The van der Waals surface area contributed by atoms with Gasteiger partial charge in [0.2, 0.25) is 0 Å². The van der Waals surface area contributed by atoms with Crippen LogP contribution >= 0.6 is 0 Å². The molecule has 0 N–H and O–H groups in total.